The number of thiazole rings is 1. The number of piperidine rings is 1. The quantitative estimate of drug-likeness (QED) is 0.318. The second kappa shape index (κ2) is 12.3. The number of amides is 1. The number of aryl methyl sites for hydroxylation is 1. The molecule has 1 amide bonds. The van der Waals surface area contributed by atoms with Gasteiger partial charge in [0.1, 0.15) is 16.2 Å². The van der Waals surface area contributed by atoms with Crippen molar-refractivity contribution in [1.29, 1.82) is 0 Å². The van der Waals surface area contributed by atoms with E-state index >= 15 is 0 Å². The van der Waals surface area contributed by atoms with Gasteiger partial charge >= 0.3 is 0 Å². The van der Waals surface area contributed by atoms with Crippen LogP contribution in [-0.4, -0.2) is 53.0 Å². The summed E-state index contributed by atoms with van der Waals surface area (Å²) in [4.78, 5) is 28.1. The first kappa shape index (κ1) is 26.7. The number of nitrogens with zero attached hydrogens (tertiary/aromatic N) is 4. The number of fused-ring (bicyclic) bond motifs is 1. The molecule has 0 radical (unpaired) electrons. The zero-order valence-electron chi connectivity index (χ0n) is 21.4. The third-order valence-electron chi connectivity index (χ3n) is 7.48. The minimum Gasteiger partial charge on any atom is -0.357 e. The zero-order valence-corrected chi connectivity index (χ0v) is 23.7. The number of rotatable bonds is 9. The van der Waals surface area contributed by atoms with Gasteiger partial charge in [0.05, 0.1) is 15.1 Å². The molecule has 2 aromatic heterocycles. The third kappa shape index (κ3) is 6.75. The van der Waals surface area contributed by atoms with Crippen molar-refractivity contribution in [3.63, 3.8) is 0 Å². The average molecular weight is 561 g/mol. The monoisotopic (exact) mass is 559 g/mol. The standard InChI is InChI=1S/C28H35Cl2N5OS/c1-19(13-17-34-16-5-6-24(34)20-7-8-21(29)22(30)18-20)31-26(36)11-12-27-32-23-9-10-25(33-28(23)37-27)35-14-3-2-4-15-35/h7-10,18-19,24H,2-6,11-17H2,1H3,(H,31,36). The molecule has 1 aromatic carbocycles. The molecule has 1 N–H and O–H groups in total. The number of aromatic nitrogens is 2. The van der Waals surface area contributed by atoms with Crippen molar-refractivity contribution in [2.75, 3.05) is 31.1 Å². The molecule has 0 spiro atoms. The summed E-state index contributed by atoms with van der Waals surface area (Å²) in [5.41, 5.74) is 2.15. The highest BCUT2D eigenvalue weighted by Gasteiger charge is 2.26. The summed E-state index contributed by atoms with van der Waals surface area (Å²) in [6, 6.07) is 10.6. The van der Waals surface area contributed by atoms with Crippen LogP contribution >= 0.6 is 34.5 Å². The van der Waals surface area contributed by atoms with Gasteiger partial charge in [-0.1, -0.05) is 40.6 Å². The highest BCUT2D eigenvalue weighted by molar-refractivity contribution is 7.18. The maximum Gasteiger partial charge on any atom is 0.220 e. The number of anilines is 1. The van der Waals surface area contributed by atoms with E-state index in [1.165, 1.54) is 31.2 Å². The van der Waals surface area contributed by atoms with Crippen molar-refractivity contribution in [1.82, 2.24) is 20.2 Å². The Morgan fingerprint density at radius 1 is 1.08 bits per heavy atom. The fourth-order valence-corrected chi connectivity index (χ4v) is 6.68. The van der Waals surface area contributed by atoms with Gasteiger partial charge in [-0.05, 0) is 81.8 Å². The molecule has 2 aliphatic heterocycles. The molecule has 198 valence electrons. The third-order valence-corrected chi connectivity index (χ3v) is 9.24. The predicted octanol–water partition coefficient (Wildman–Crippen LogP) is 6.65. The van der Waals surface area contributed by atoms with Gasteiger partial charge in [-0.3, -0.25) is 9.69 Å². The minimum absolute atomic E-state index is 0.0798. The van der Waals surface area contributed by atoms with Crippen molar-refractivity contribution < 1.29 is 4.79 Å². The number of hydrogen-bond acceptors (Lipinski definition) is 6. The summed E-state index contributed by atoms with van der Waals surface area (Å²) < 4.78 is 0. The Kier molecular flexibility index (Phi) is 8.86. The predicted molar refractivity (Wildman–Crippen MR) is 154 cm³/mol. The Morgan fingerprint density at radius 2 is 1.92 bits per heavy atom. The van der Waals surface area contributed by atoms with Crippen LogP contribution in [0.1, 0.15) is 68.5 Å². The first-order valence-electron chi connectivity index (χ1n) is 13.5. The normalized spacial score (nSPS) is 19.4. The smallest absolute Gasteiger partial charge is 0.220 e. The van der Waals surface area contributed by atoms with Crippen LogP contribution in [0.5, 0.6) is 0 Å². The number of carbonyl (C=O) groups excluding carboxylic acids is 1. The summed E-state index contributed by atoms with van der Waals surface area (Å²) in [6.07, 6.45) is 8.06. The van der Waals surface area contributed by atoms with Gasteiger partial charge < -0.3 is 10.2 Å². The molecular weight excluding hydrogens is 525 g/mol. The molecule has 0 bridgehead atoms. The molecule has 2 atom stereocenters. The number of carbonyl (C=O) groups is 1. The summed E-state index contributed by atoms with van der Waals surface area (Å²) in [5, 5.41) is 5.36. The molecule has 2 saturated heterocycles. The topological polar surface area (TPSA) is 61.4 Å². The molecule has 3 aromatic rings. The van der Waals surface area contributed by atoms with E-state index in [1.54, 1.807) is 11.3 Å². The lowest BCUT2D eigenvalue weighted by Gasteiger charge is -2.27. The molecule has 2 unspecified atom stereocenters. The van der Waals surface area contributed by atoms with Gasteiger partial charge in [-0.25, -0.2) is 9.97 Å². The number of likely N-dealkylation sites (tertiary alicyclic amines) is 1. The summed E-state index contributed by atoms with van der Waals surface area (Å²) in [7, 11) is 0. The van der Waals surface area contributed by atoms with Crippen molar-refractivity contribution in [2.45, 2.75) is 70.4 Å². The van der Waals surface area contributed by atoms with E-state index in [9.17, 15) is 4.79 Å². The average Bonchev–Trinajstić information content (AvgIpc) is 3.54. The lowest BCUT2D eigenvalue weighted by molar-refractivity contribution is -0.121. The molecule has 2 fully saturated rings. The molecule has 2 aliphatic rings. The van der Waals surface area contributed by atoms with E-state index in [1.807, 2.05) is 12.1 Å². The highest BCUT2D eigenvalue weighted by Crippen LogP contribution is 2.35. The number of hydrogen-bond donors (Lipinski definition) is 1. The number of nitrogens with one attached hydrogen (secondary N) is 1. The maximum absolute atomic E-state index is 12.7. The summed E-state index contributed by atoms with van der Waals surface area (Å²) in [5.74, 6) is 1.13. The van der Waals surface area contributed by atoms with E-state index < -0.39 is 0 Å². The van der Waals surface area contributed by atoms with Crippen LogP contribution in [0.25, 0.3) is 10.3 Å². The van der Waals surface area contributed by atoms with E-state index in [-0.39, 0.29) is 11.9 Å². The van der Waals surface area contributed by atoms with Crippen LogP contribution in [0.4, 0.5) is 5.82 Å². The Bertz CT molecular complexity index is 1230. The van der Waals surface area contributed by atoms with Gasteiger partial charge in [0.15, 0.2) is 0 Å². The van der Waals surface area contributed by atoms with E-state index in [0.29, 0.717) is 28.9 Å². The zero-order chi connectivity index (χ0) is 25.8. The second-order valence-electron chi connectivity index (χ2n) is 10.3. The molecule has 4 heterocycles. The van der Waals surface area contributed by atoms with Crippen LogP contribution < -0.4 is 10.2 Å². The van der Waals surface area contributed by atoms with E-state index in [0.717, 1.165) is 60.2 Å². The first-order valence-corrected chi connectivity index (χ1v) is 15.0. The number of benzene rings is 1. The van der Waals surface area contributed by atoms with Gasteiger partial charge in [0.25, 0.3) is 0 Å². The lowest BCUT2D eigenvalue weighted by Crippen LogP contribution is -2.36. The van der Waals surface area contributed by atoms with Crippen LogP contribution in [0, 0.1) is 0 Å². The SMILES string of the molecule is CC(CCN1CCCC1c1ccc(Cl)c(Cl)c1)NC(=O)CCc1nc2ccc(N3CCCCC3)nc2s1. The first-order chi connectivity index (χ1) is 18.0. The highest BCUT2D eigenvalue weighted by atomic mass is 35.5. The molecule has 6 nitrogen and oxygen atoms in total. The molecule has 37 heavy (non-hydrogen) atoms. The molecule has 0 aliphatic carbocycles. The van der Waals surface area contributed by atoms with Gasteiger partial charge in [-0.15, -0.1) is 0 Å². The fourth-order valence-electron chi connectivity index (χ4n) is 5.45. The Morgan fingerprint density at radius 3 is 2.73 bits per heavy atom. The van der Waals surface area contributed by atoms with Gasteiger partial charge in [-0.2, -0.15) is 0 Å². The fraction of sp³-hybridized carbons (Fsp3) is 0.536. The summed E-state index contributed by atoms with van der Waals surface area (Å²) >= 11 is 14.0. The van der Waals surface area contributed by atoms with Crippen molar-refractivity contribution in [2.24, 2.45) is 0 Å². The second-order valence-corrected chi connectivity index (χ2v) is 12.2. The Balaban J connectivity index is 1.08. The van der Waals surface area contributed by atoms with Crippen molar-refractivity contribution >= 4 is 56.6 Å². The molecular formula is C28H35Cl2N5OS. The lowest BCUT2D eigenvalue weighted by atomic mass is 10.0. The van der Waals surface area contributed by atoms with Crippen LogP contribution in [0.15, 0.2) is 30.3 Å². The summed E-state index contributed by atoms with van der Waals surface area (Å²) in [6.45, 7) is 6.25. The van der Waals surface area contributed by atoms with Crippen molar-refractivity contribution in [3.8, 4) is 0 Å². The molecule has 0 saturated carbocycles. The largest absolute Gasteiger partial charge is 0.357 e. The maximum atomic E-state index is 12.7. The number of halogens is 2. The van der Waals surface area contributed by atoms with E-state index in [4.69, 9.17) is 33.2 Å². The Labute approximate surface area is 233 Å². The molecule has 9 heteroatoms. The Hall–Kier alpha value is -1.93. The minimum atomic E-state index is 0.0798. The van der Waals surface area contributed by atoms with E-state index in [2.05, 4.69) is 40.2 Å². The van der Waals surface area contributed by atoms with Crippen LogP contribution in [0.3, 0.4) is 0 Å². The van der Waals surface area contributed by atoms with Gasteiger partial charge in [0.2, 0.25) is 5.91 Å². The van der Waals surface area contributed by atoms with Crippen LogP contribution in [-0.2, 0) is 11.2 Å². The van der Waals surface area contributed by atoms with Gasteiger partial charge in [0, 0.05) is 44.6 Å². The van der Waals surface area contributed by atoms with Crippen LogP contribution in [0.2, 0.25) is 10.0 Å². The molecule has 5 rings (SSSR count). The number of pyridine rings is 1. The van der Waals surface area contributed by atoms with Crippen molar-refractivity contribution in [3.05, 3.63) is 50.9 Å².